The molecule has 19 heavy (non-hydrogen) atoms. The molecule has 3 nitrogen and oxygen atoms in total. The summed E-state index contributed by atoms with van der Waals surface area (Å²) in [5, 5.41) is 0.113. The van der Waals surface area contributed by atoms with Gasteiger partial charge < -0.3 is 14.3 Å². The van der Waals surface area contributed by atoms with E-state index in [1.807, 2.05) is 4.57 Å². The number of fused-ring (bicyclic) bond motifs is 1. The first-order valence-corrected chi connectivity index (χ1v) is 7.02. The standard InChI is InChI=1S/C13H14ClFN2OS/c1-18-12-4-2-3-10(12)17-11-5-7(14)8(15)6-9(11)16-13(17)19/h5-6,10,12H,2-4H2,1H3,(H,16,19). The summed E-state index contributed by atoms with van der Waals surface area (Å²) in [6, 6.07) is 3.21. The second-order valence-corrected chi connectivity index (χ2v) is 5.65. The molecule has 2 unspecified atom stereocenters. The summed E-state index contributed by atoms with van der Waals surface area (Å²) in [6.45, 7) is 0. The van der Waals surface area contributed by atoms with Crippen LogP contribution >= 0.6 is 23.8 Å². The quantitative estimate of drug-likeness (QED) is 0.841. The van der Waals surface area contributed by atoms with Crippen molar-refractivity contribution in [3.8, 4) is 0 Å². The Bertz CT molecular complexity index is 681. The molecule has 0 amide bonds. The molecule has 2 atom stereocenters. The van der Waals surface area contributed by atoms with E-state index in [0.717, 1.165) is 24.8 Å². The number of nitrogens with one attached hydrogen (secondary N) is 1. The molecular formula is C13H14ClFN2OS. The lowest BCUT2D eigenvalue weighted by Gasteiger charge is -2.20. The highest BCUT2D eigenvalue weighted by molar-refractivity contribution is 7.71. The van der Waals surface area contributed by atoms with Crippen LogP contribution in [0.5, 0.6) is 0 Å². The molecule has 1 N–H and O–H groups in total. The van der Waals surface area contributed by atoms with Crippen LogP contribution < -0.4 is 0 Å². The van der Waals surface area contributed by atoms with Gasteiger partial charge in [-0.1, -0.05) is 11.6 Å². The van der Waals surface area contributed by atoms with E-state index in [1.54, 1.807) is 13.2 Å². The molecule has 0 radical (unpaired) electrons. The van der Waals surface area contributed by atoms with Gasteiger partial charge in [-0.25, -0.2) is 4.39 Å². The van der Waals surface area contributed by atoms with E-state index in [9.17, 15) is 4.39 Å². The van der Waals surface area contributed by atoms with Crippen molar-refractivity contribution in [1.29, 1.82) is 0 Å². The van der Waals surface area contributed by atoms with Crippen LogP contribution in [0.3, 0.4) is 0 Å². The average molecular weight is 301 g/mol. The van der Waals surface area contributed by atoms with Gasteiger partial charge in [0.25, 0.3) is 0 Å². The van der Waals surface area contributed by atoms with Gasteiger partial charge in [-0.3, -0.25) is 0 Å². The van der Waals surface area contributed by atoms with Crippen molar-refractivity contribution in [3.05, 3.63) is 27.7 Å². The van der Waals surface area contributed by atoms with Crippen molar-refractivity contribution in [2.75, 3.05) is 7.11 Å². The normalized spacial score (nSPS) is 23.3. The van der Waals surface area contributed by atoms with Gasteiger partial charge in [0.05, 0.1) is 28.2 Å². The second-order valence-electron chi connectivity index (χ2n) is 4.86. The number of hydrogen-bond donors (Lipinski definition) is 1. The number of aromatic amines is 1. The minimum absolute atomic E-state index is 0.113. The molecule has 1 aliphatic rings. The van der Waals surface area contributed by atoms with Crippen LogP contribution in [0.15, 0.2) is 12.1 Å². The monoisotopic (exact) mass is 300 g/mol. The second kappa shape index (κ2) is 4.89. The molecule has 1 aromatic carbocycles. The summed E-state index contributed by atoms with van der Waals surface area (Å²) >= 11 is 11.2. The molecule has 0 bridgehead atoms. The van der Waals surface area contributed by atoms with E-state index in [2.05, 4.69) is 4.98 Å². The number of aromatic nitrogens is 2. The van der Waals surface area contributed by atoms with Gasteiger partial charge in [-0.05, 0) is 37.5 Å². The van der Waals surface area contributed by atoms with Gasteiger partial charge >= 0.3 is 0 Å². The smallest absolute Gasteiger partial charge is 0.178 e. The van der Waals surface area contributed by atoms with Crippen LogP contribution in [0.25, 0.3) is 11.0 Å². The number of nitrogens with zero attached hydrogens (tertiary/aromatic N) is 1. The lowest BCUT2D eigenvalue weighted by molar-refractivity contribution is 0.0758. The zero-order valence-electron chi connectivity index (χ0n) is 10.5. The molecule has 6 heteroatoms. The Labute approximate surface area is 120 Å². The molecule has 3 rings (SSSR count). The minimum Gasteiger partial charge on any atom is -0.379 e. The summed E-state index contributed by atoms with van der Waals surface area (Å²) in [7, 11) is 1.72. The Kier molecular flexibility index (Phi) is 3.37. The molecule has 1 aliphatic carbocycles. The maximum absolute atomic E-state index is 13.5. The van der Waals surface area contributed by atoms with Crippen molar-refractivity contribution in [2.45, 2.75) is 31.4 Å². The highest BCUT2D eigenvalue weighted by Gasteiger charge is 2.30. The van der Waals surface area contributed by atoms with Crippen molar-refractivity contribution >= 4 is 34.9 Å². The van der Waals surface area contributed by atoms with Crippen LogP contribution in [0.4, 0.5) is 4.39 Å². The van der Waals surface area contributed by atoms with E-state index in [-0.39, 0.29) is 17.2 Å². The first-order chi connectivity index (χ1) is 9.11. The number of hydrogen-bond acceptors (Lipinski definition) is 2. The molecule has 1 saturated carbocycles. The van der Waals surface area contributed by atoms with Gasteiger partial charge in [0.2, 0.25) is 0 Å². The number of H-pyrrole nitrogens is 1. The third kappa shape index (κ3) is 2.10. The predicted molar refractivity (Wildman–Crippen MR) is 75.8 cm³/mol. The molecule has 0 spiro atoms. The van der Waals surface area contributed by atoms with Crippen molar-refractivity contribution in [2.24, 2.45) is 0 Å². The molecule has 102 valence electrons. The largest absolute Gasteiger partial charge is 0.379 e. The topological polar surface area (TPSA) is 29.9 Å². The molecule has 1 aromatic heterocycles. The Hall–Kier alpha value is -0.910. The van der Waals surface area contributed by atoms with Crippen LogP contribution in [0, 0.1) is 10.6 Å². The average Bonchev–Trinajstić information content (AvgIpc) is 2.93. The van der Waals surface area contributed by atoms with Gasteiger partial charge in [0.15, 0.2) is 4.77 Å². The van der Waals surface area contributed by atoms with Crippen LogP contribution in [0.1, 0.15) is 25.3 Å². The number of imidazole rings is 1. The van der Waals surface area contributed by atoms with E-state index in [0.29, 0.717) is 10.3 Å². The van der Waals surface area contributed by atoms with Crippen molar-refractivity contribution < 1.29 is 9.13 Å². The number of methoxy groups -OCH3 is 1. The number of ether oxygens (including phenoxy) is 1. The third-order valence-corrected chi connectivity index (χ3v) is 4.40. The fourth-order valence-corrected chi connectivity index (χ4v) is 3.43. The predicted octanol–water partition coefficient (Wildman–Crippen LogP) is 4.23. The van der Waals surface area contributed by atoms with Gasteiger partial charge in [0, 0.05) is 13.2 Å². The summed E-state index contributed by atoms with van der Waals surface area (Å²) in [5.74, 6) is -0.438. The molecule has 0 aliphatic heterocycles. The van der Waals surface area contributed by atoms with E-state index < -0.39 is 5.82 Å². The first-order valence-electron chi connectivity index (χ1n) is 6.24. The molecule has 0 saturated heterocycles. The SMILES string of the molecule is COC1CCCC1n1c(=S)[nH]c2cc(F)c(Cl)cc21. The molecule has 1 heterocycles. The summed E-state index contributed by atoms with van der Waals surface area (Å²) < 4.78 is 21.6. The number of halogens is 2. The van der Waals surface area contributed by atoms with E-state index >= 15 is 0 Å². The highest BCUT2D eigenvalue weighted by Crippen LogP contribution is 2.35. The summed E-state index contributed by atoms with van der Waals surface area (Å²) in [5.41, 5.74) is 1.51. The van der Waals surface area contributed by atoms with Crippen molar-refractivity contribution in [3.63, 3.8) is 0 Å². The van der Waals surface area contributed by atoms with Gasteiger partial charge in [-0.15, -0.1) is 0 Å². The maximum atomic E-state index is 13.5. The zero-order valence-corrected chi connectivity index (χ0v) is 12.0. The molecule has 2 aromatic rings. The lowest BCUT2D eigenvalue weighted by atomic mass is 10.2. The Morgan fingerprint density at radius 3 is 3.00 bits per heavy atom. The first kappa shape index (κ1) is 13.1. The minimum atomic E-state index is -0.438. The Morgan fingerprint density at radius 1 is 1.47 bits per heavy atom. The Morgan fingerprint density at radius 2 is 2.26 bits per heavy atom. The van der Waals surface area contributed by atoms with Gasteiger partial charge in [-0.2, -0.15) is 0 Å². The highest BCUT2D eigenvalue weighted by atomic mass is 35.5. The fourth-order valence-electron chi connectivity index (χ4n) is 2.93. The fraction of sp³-hybridized carbons (Fsp3) is 0.462. The van der Waals surface area contributed by atoms with E-state index in [1.165, 1.54) is 6.07 Å². The van der Waals surface area contributed by atoms with Crippen LogP contribution in [-0.4, -0.2) is 22.8 Å². The number of rotatable bonds is 2. The molecular weight excluding hydrogens is 287 g/mol. The molecule has 1 fully saturated rings. The van der Waals surface area contributed by atoms with Gasteiger partial charge in [0.1, 0.15) is 5.82 Å². The summed E-state index contributed by atoms with van der Waals surface area (Å²) in [4.78, 5) is 3.04. The zero-order chi connectivity index (χ0) is 13.6. The summed E-state index contributed by atoms with van der Waals surface area (Å²) in [6.07, 6.45) is 3.28. The van der Waals surface area contributed by atoms with Crippen molar-refractivity contribution in [1.82, 2.24) is 9.55 Å². The lowest BCUT2D eigenvalue weighted by Crippen LogP contribution is -2.20. The maximum Gasteiger partial charge on any atom is 0.178 e. The number of benzene rings is 1. The van der Waals surface area contributed by atoms with Crippen LogP contribution in [-0.2, 0) is 4.74 Å². The third-order valence-electron chi connectivity index (χ3n) is 3.81. The van der Waals surface area contributed by atoms with Crippen LogP contribution in [0.2, 0.25) is 5.02 Å². The Balaban J connectivity index is 2.20. The van der Waals surface area contributed by atoms with E-state index in [4.69, 9.17) is 28.6 Å².